The number of nitrogens with zero attached hydrogens (tertiary/aromatic N) is 1. The number of hydrogen-bond donors (Lipinski definition) is 2. The summed E-state index contributed by atoms with van der Waals surface area (Å²) in [5.74, 6) is 0.113. The molecule has 5 heteroatoms. The van der Waals surface area contributed by atoms with Crippen LogP contribution in [-0.4, -0.2) is 61.8 Å². The van der Waals surface area contributed by atoms with Gasteiger partial charge in [-0.2, -0.15) is 0 Å². The van der Waals surface area contributed by atoms with Gasteiger partial charge in [0.25, 0.3) is 0 Å². The fourth-order valence-electron chi connectivity index (χ4n) is 4.29. The minimum absolute atomic E-state index is 0.113. The summed E-state index contributed by atoms with van der Waals surface area (Å²) >= 11 is 0. The molecule has 1 unspecified atom stereocenters. The van der Waals surface area contributed by atoms with Crippen molar-refractivity contribution in [2.75, 3.05) is 39.4 Å². The van der Waals surface area contributed by atoms with Crippen LogP contribution in [0.25, 0.3) is 0 Å². The number of amides is 1. The van der Waals surface area contributed by atoms with Gasteiger partial charge in [-0.15, -0.1) is 0 Å². The quantitative estimate of drug-likeness (QED) is 0.821. The fraction of sp³-hybridized carbons (Fsp3) is 0.941. The lowest BCUT2D eigenvalue weighted by Gasteiger charge is -2.48. The summed E-state index contributed by atoms with van der Waals surface area (Å²) in [5.41, 5.74) is 0.212. The minimum Gasteiger partial charge on any atom is -0.378 e. The molecule has 3 rings (SSSR count). The van der Waals surface area contributed by atoms with Crippen LogP contribution in [0.1, 0.15) is 51.4 Å². The molecule has 0 aromatic heterocycles. The van der Waals surface area contributed by atoms with Gasteiger partial charge < -0.3 is 15.4 Å². The van der Waals surface area contributed by atoms with Gasteiger partial charge in [0, 0.05) is 18.6 Å². The lowest BCUT2D eigenvalue weighted by atomic mass is 9.79. The average Bonchev–Trinajstić information content (AvgIpc) is 2.62. The van der Waals surface area contributed by atoms with Crippen molar-refractivity contribution in [1.82, 2.24) is 15.5 Å². The zero-order valence-corrected chi connectivity index (χ0v) is 13.7. The molecule has 1 atom stereocenters. The lowest BCUT2D eigenvalue weighted by molar-refractivity contribution is -0.126. The molecule has 0 bridgehead atoms. The fourth-order valence-corrected chi connectivity index (χ4v) is 4.29. The van der Waals surface area contributed by atoms with Crippen LogP contribution >= 0.6 is 0 Å². The number of ether oxygens (including phenoxy) is 1. The third-order valence-electron chi connectivity index (χ3n) is 5.64. The Labute approximate surface area is 134 Å². The summed E-state index contributed by atoms with van der Waals surface area (Å²) in [6.07, 6.45) is 10.4. The second-order valence-electron chi connectivity index (χ2n) is 7.13. The van der Waals surface area contributed by atoms with Gasteiger partial charge in [0.1, 0.15) is 6.04 Å². The lowest BCUT2D eigenvalue weighted by Crippen LogP contribution is -2.60. The number of morpholine rings is 1. The molecule has 0 aromatic rings. The van der Waals surface area contributed by atoms with E-state index in [9.17, 15) is 4.79 Å². The highest BCUT2D eigenvalue weighted by molar-refractivity contribution is 5.82. The number of nitrogens with one attached hydrogen (secondary N) is 2. The van der Waals surface area contributed by atoms with E-state index in [1.54, 1.807) is 0 Å². The van der Waals surface area contributed by atoms with Gasteiger partial charge in [0.2, 0.25) is 5.91 Å². The van der Waals surface area contributed by atoms with Gasteiger partial charge in [-0.3, -0.25) is 9.69 Å². The van der Waals surface area contributed by atoms with Crippen LogP contribution in [0.3, 0.4) is 0 Å². The van der Waals surface area contributed by atoms with E-state index >= 15 is 0 Å². The predicted octanol–water partition coefficient (Wildman–Crippen LogP) is 1.28. The van der Waals surface area contributed by atoms with Crippen LogP contribution < -0.4 is 10.6 Å². The molecule has 2 N–H and O–H groups in total. The topological polar surface area (TPSA) is 53.6 Å². The predicted molar refractivity (Wildman–Crippen MR) is 86.9 cm³/mol. The van der Waals surface area contributed by atoms with E-state index in [4.69, 9.17) is 4.74 Å². The molecule has 3 aliphatic rings. The molecule has 126 valence electrons. The van der Waals surface area contributed by atoms with Crippen molar-refractivity contribution in [1.29, 1.82) is 0 Å². The van der Waals surface area contributed by atoms with Gasteiger partial charge >= 0.3 is 0 Å². The summed E-state index contributed by atoms with van der Waals surface area (Å²) in [7, 11) is 0. The largest absolute Gasteiger partial charge is 0.378 e. The van der Waals surface area contributed by atoms with Crippen LogP contribution in [-0.2, 0) is 9.53 Å². The van der Waals surface area contributed by atoms with E-state index < -0.39 is 0 Å². The Kier molecular flexibility index (Phi) is 5.71. The Hall–Kier alpha value is -0.650. The first-order valence-corrected chi connectivity index (χ1v) is 9.14. The van der Waals surface area contributed by atoms with Crippen molar-refractivity contribution in [3.63, 3.8) is 0 Å². The average molecular weight is 309 g/mol. The highest BCUT2D eigenvalue weighted by atomic mass is 16.5. The van der Waals surface area contributed by atoms with Crippen LogP contribution in [0.5, 0.6) is 0 Å². The normalized spacial score (nSPS) is 29.9. The van der Waals surface area contributed by atoms with Crippen molar-refractivity contribution >= 4 is 5.91 Å². The molecule has 2 saturated heterocycles. The standard InChI is InChI=1S/C17H31N3O2/c21-16(15-13-22-12-9-18-15)19-14-17(7-3-1-4-8-17)20-10-5-2-6-11-20/h15,18H,1-14H2,(H,19,21). The maximum atomic E-state index is 12.4. The van der Waals surface area contributed by atoms with Crippen molar-refractivity contribution in [3.8, 4) is 0 Å². The van der Waals surface area contributed by atoms with Crippen LogP contribution in [0, 0.1) is 0 Å². The smallest absolute Gasteiger partial charge is 0.239 e. The summed E-state index contributed by atoms with van der Waals surface area (Å²) in [4.78, 5) is 15.1. The van der Waals surface area contributed by atoms with Gasteiger partial charge in [-0.1, -0.05) is 25.7 Å². The Balaban J connectivity index is 1.58. The first-order valence-electron chi connectivity index (χ1n) is 9.14. The third kappa shape index (κ3) is 3.81. The van der Waals surface area contributed by atoms with Crippen molar-refractivity contribution in [2.45, 2.75) is 62.9 Å². The number of carbonyl (C=O) groups is 1. The maximum absolute atomic E-state index is 12.4. The van der Waals surface area contributed by atoms with Gasteiger partial charge in [0.15, 0.2) is 0 Å². The van der Waals surface area contributed by atoms with E-state index in [0.717, 1.165) is 13.1 Å². The summed E-state index contributed by atoms with van der Waals surface area (Å²) in [5, 5.41) is 6.49. The Bertz CT molecular complexity index is 357. The Morgan fingerprint density at radius 3 is 2.55 bits per heavy atom. The first kappa shape index (κ1) is 16.2. The molecule has 1 aliphatic carbocycles. The third-order valence-corrected chi connectivity index (χ3v) is 5.64. The second-order valence-corrected chi connectivity index (χ2v) is 7.13. The molecule has 0 aromatic carbocycles. The molecule has 3 fully saturated rings. The minimum atomic E-state index is -0.171. The van der Waals surface area contributed by atoms with E-state index in [1.165, 1.54) is 64.5 Å². The molecule has 1 amide bonds. The number of hydrogen-bond acceptors (Lipinski definition) is 4. The molecular weight excluding hydrogens is 278 g/mol. The molecule has 22 heavy (non-hydrogen) atoms. The van der Waals surface area contributed by atoms with Crippen molar-refractivity contribution < 1.29 is 9.53 Å². The zero-order valence-electron chi connectivity index (χ0n) is 13.7. The number of likely N-dealkylation sites (tertiary alicyclic amines) is 1. The first-order chi connectivity index (χ1) is 10.8. The van der Waals surface area contributed by atoms with Gasteiger partial charge in [-0.25, -0.2) is 0 Å². The zero-order chi connectivity index (χ0) is 15.3. The highest BCUT2D eigenvalue weighted by Crippen LogP contribution is 2.35. The SMILES string of the molecule is O=C(NCC1(N2CCCCC2)CCCCC1)C1COCCN1. The summed E-state index contributed by atoms with van der Waals surface area (Å²) < 4.78 is 5.40. The number of rotatable bonds is 4. The molecule has 0 radical (unpaired) electrons. The maximum Gasteiger partial charge on any atom is 0.239 e. The summed E-state index contributed by atoms with van der Waals surface area (Å²) in [6, 6.07) is -0.171. The van der Waals surface area contributed by atoms with Crippen LogP contribution in [0.15, 0.2) is 0 Å². The monoisotopic (exact) mass is 309 g/mol. The van der Waals surface area contributed by atoms with Crippen LogP contribution in [0.2, 0.25) is 0 Å². The molecule has 5 nitrogen and oxygen atoms in total. The molecular formula is C17H31N3O2. The van der Waals surface area contributed by atoms with Gasteiger partial charge in [0.05, 0.1) is 13.2 Å². The number of carbonyl (C=O) groups excluding carboxylic acids is 1. The Morgan fingerprint density at radius 1 is 1.14 bits per heavy atom. The van der Waals surface area contributed by atoms with Gasteiger partial charge in [-0.05, 0) is 38.8 Å². The Morgan fingerprint density at radius 2 is 1.86 bits per heavy atom. The molecule has 1 saturated carbocycles. The van der Waals surface area contributed by atoms with E-state index in [0.29, 0.717) is 13.2 Å². The molecule has 2 heterocycles. The van der Waals surface area contributed by atoms with E-state index in [-0.39, 0.29) is 17.5 Å². The van der Waals surface area contributed by atoms with E-state index in [2.05, 4.69) is 15.5 Å². The van der Waals surface area contributed by atoms with Crippen molar-refractivity contribution in [3.05, 3.63) is 0 Å². The highest BCUT2D eigenvalue weighted by Gasteiger charge is 2.39. The molecule has 2 aliphatic heterocycles. The summed E-state index contributed by atoms with van der Waals surface area (Å²) in [6.45, 7) is 5.21. The van der Waals surface area contributed by atoms with Crippen LogP contribution in [0.4, 0.5) is 0 Å². The molecule has 0 spiro atoms. The number of piperidine rings is 1. The van der Waals surface area contributed by atoms with E-state index in [1.807, 2.05) is 0 Å². The second kappa shape index (κ2) is 7.75. The van der Waals surface area contributed by atoms with Crippen molar-refractivity contribution in [2.24, 2.45) is 0 Å².